The summed E-state index contributed by atoms with van der Waals surface area (Å²) in [6.07, 6.45) is 4.97. The van der Waals surface area contributed by atoms with Gasteiger partial charge in [0.2, 0.25) is 0 Å². The van der Waals surface area contributed by atoms with Crippen molar-refractivity contribution in [1.29, 1.82) is 0 Å². The minimum atomic E-state index is -4.37. The van der Waals surface area contributed by atoms with Gasteiger partial charge < -0.3 is 25.7 Å². The molecule has 0 saturated carbocycles. The van der Waals surface area contributed by atoms with E-state index in [1.54, 1.807) is 0 Å². The van der Waals surface area contributed by atoms with Crippen LogP contribution in [0.4, 0.5) is 0 Å². The maximum atomic E-state index is 11.9. The van der Waals surface area contributed by atoms with Crippen LogP contribution in [0.25, 0.3) is 0 Å². The topological polar surface area (TPSA) is 124 Å². The normalized spacial score (nSPS) is 18.0. The number of aliphatic hydroxyl groups is 2. The average molecular weight is 339 g/mol. The molecule has 0 saturated heterocycles. The maximum Gasteiger partial charge on any atom is 0.330 e. The zero-order valence-electron chi connectivity index (χ0n) is 13.9. The summed E-state index contributed by atoms with van der Waals surface area (Å²) in [4.78, 5) is 19.5. The zero-order chi connectivity index (χ0) is 17.2. The second-order valence-electron chi connectivity index (χ2n) is 6.33. The van der Waals surface area contributed by atoms with Crippen molar-refractivity contribution in [3.8, 4) is 0 Å². The van der Waals surface area contributed by atoms with Gasteiger partial charge in [0, 0.05) is 5.54 Å². The van der Waals surface area contributed by atoms with Gasteiger partial charge in [0.1, 0.15) is 0 Å². The first-order chi connectivity index (χ1) is 10.2. The number of aliphatic hydroxyl groups excluding tert-OH is 2. The largest absolute Gasteiger partial charge is 0.394 e. The Morgan fingerprint density at radius 3 is 2.09 bits per heavy atom. The van der Waals surface area contributed by atoms with Gasteiger partial charge in [-0.05, 0) is 19.3 Å². The first kappa shape index (κ1) is 22.0. The predicted octanol–water partition coefficient (Wildman–Crippen LogP) is 2.13. The van der Waals surface area contributed by atoms with Crippen LogP contribution in [0.2, 0.25) is 0 Å². The molecule has 0 aliphatic heterocycles. The van der Waals surface area contributed by atoms with Crippen molar-refractivity contribution in [2.45, 2.75) is 88.9 Å². The number of nitrogens with two attached hydrogens (primary N) is 1. The molecule has 7 heteroatoms. The lowest BCUT2D eigenvalue weighted by Crippen LogP contribution is -2.53. The standard InChI is InChI=1S/C15H34NO5P/c1-3-5-7-9-14(22(19,20)21)15(16,10-8-6-4-2)11-13(18)12-17/h13-14,17-18H,3-12,16H2,1-2H3,(H2,19,20,21). The van der Waals surface area contributed by atoms with E-state index in [0.29, 0.717) is 19.3 Å². The Kier molecular flexibility index (Phi) is 10.8. The van der Waals surface area contributed by atoms with Crippen LogP contribution in [-0.2, 0) is 4.57 Å². The second-order valence-corrected chi connectivity index (χ2v) is 8.13. The van der Waals surface area contributed by atoms with Crippen molar-refractivity contribution in [2.24, 2.45) is 5.73 Å². The van der Waals surface area contributed by atoms with Crippen LogP contribution in [0.15, 0.2) is 0 Å². The molecule has 0 bridgehead atoms. The number of unbranched alkanes of at least 4 members (excludes halogenated alkanes) is 4. The minimum absolute atomic E-state index is 0.00904. The Labute approximate surface area is 134 Å². The fraction of sp³-hybridized carbons (Fsp3) is 1.00. The van der Waals surface area contributed by atoms with Gasteiger partial charge in [0.25, 0.3) is 0 Å². The van der Waals surface area contributed by atoms with Crippen molar-refractivity contribution in [2.75, 3.05) is 6.61 Å². The molecule has 22 heavy (non-hydrogen) atoms. The molecule has 0 fully saturated rings. The molecule has 6 N–H and O–H groups in total. The molecule has 134 valence electrons. The third-order valence-electron chi connectivity index (χ3n) is 4.22. The summed E-state index contributed by atoms with van der Waals surface area (Å²) in [5.74, 6) is 0. The van der Waals surface area contributed by atoms with E-state index >= 15 is 0 Å². The van der Waals surface area contributed by atoms with Gasteiger partial charge in [0.05, 0.1) is 18.4 Å². The fourth-order valence-corrected chi connectivity index (χ4v) is 4.41. The van der Waals surface area contributed by atoms with E-state index in [0.717, 1.165) is 32.1 Å². The summed E-state index contributed by atoms with van der Waals surface area (Å²) in [6, 6.07) is 0. The Bertz CT molecular complexity index is 336. The van der Waals surface area contributed by atoms with Crippen LogP contribution < -0.4 is 5.73 Å². The number of hydrogen-bond acceptors (Lipinski definition) is 4. The van der Waals surface area contributed by atoms with Gasteiger partial charge in [0.15, 0.2) is 0 Å². The predicted molar refractivity (Wildman–Crippen MR) is 88.7 cm³/mol. The van der Waals surface area contributed by atoms with Gasteiger partial charge in [-0.2, -0.15) is 0 Å². The van der Waals surface area contributed by atoms with E-state index in [4.69, 9.17) is 10.8 Å². The minimum Gasteiger partial charge on any atom is -0.394 e. The van der Waals surface area contributed by atoms with E-state index in [1.807, 2.05) is 13.8 Å². The summed E-state index contributed by atoms with van der Waals surface area (Å²) >= 11 is 0. The summed E-state index contributed by atoms with van der Waals surface area (Å²) in [7, 11) is -4.37. The molecule has 0 amide bonds. The molecular weight excluding hydrogens is 305 g/mol. The van der Waals surface area contributed by atoms with Gasteiger partial charge >= 0.3 is 7.60 Å². The lowest BCUT2D eigenvalue weighted by molar-refractivity contribution is 0.0621. The first-order valence-electron chi connectivity index (χ1n) is 8.34. The number of hydrogen-bond donors (Lipinski definition) is 5. The summed E-state index contributed by atoms with van der Waals surface area (Å²) in [5.41, 5.74) is 4.25. The molecule has 0 aliphatic carbocycles. The second kappa shape index (κ2) is 10.7. The van der Waals surface area contributed by atoms with Crippen LogP contribution in [0.5, 0.6) is 0 Å². The van der Waals surface area contributed by atoms with E-state index in [9.17, 15) is 19.5 Å². The summed E-state index contributed by atoms with van der Waals surface area (Å²) in [5, 5.41) is 18.8. The van der Waals surface area contributed by atoms with E-state index < -0.39 is 31.5 Å². The van der Waals surface area contributed by atoms with E-state index in [2.05, 4.69) is 0 Å². The molecule has 0 aliphatic rings. The van der Waals surface area contributed by atoms with Crippen LogP contribution in [0.1, 0.15) is 71.6 Å². The van der Waals surface area contributed by atoms with Crippen LogP contribution in [-0.4, -0.2) is 43.9 Å². The molecule has 6 nitrogen and oxygen atoms in total. The highest BCUT2D eigenvalue weighted by Gasteiger charge is 2.45. The molecule has 0 aromatic rings. The van der Waals surface area contributed by atoms with Gasteiger partial charge in [-0.25, -0.2) is 0 Å². The highest BCUT2D eigenvalue weighted by molar-refractivity contribution is 7.52. The van der Waals surface area contributed by atoms with Crippen molar-refractivity contribution in [3.05, 3.63) is 0 Å². The molecule has 0 aromatic carbocycles. The molecule has 3 unspecified atom stereocenters. The zero-order valence-corrected chi connectivity index (χ0v) is 14.8. The van der Waals surface area contributed by atoms with Gasteiger partial charge in [-0.1, -0.05) is 52.4 Å². The lowest BCUT2D eigenvalue weighted by atomic mass is 9.82. The van der Waals surface area contributed by atoms with Crippen molar-refractivity contribution < 1.29 is 24.6 Å². The average Bonchev–Trinajstić information content (AvgIpc) is 2.42. The Hall–Kier alpha value is 0.0300. The van der Waals surface area contributed by atoms with Crippen molar-refractivity contribution in [3.63, 3.8) is 0 Å². The molecule has 0 rings (SSSR count). The Morgan fingerprint density at radius 1 is 1.09 bits per heavy atom. The summed E-state index contributed by atoms with van der Waals surface area (Å²) < 4.78 is 11.9. The third-order valence-corrected chi connectivity index (χ3v) is 5.81. The maximum absolute atomic E-state index is 11.9. The number of rotatable bonds is 13. The molecule has 0 radical (unpaired) electrons. The Morgan fingerprint density at radius 2 is 1.64 bits per heavy atom. The SMILES string of the molecule is CCCCCC(C(N)(CCCCC)CC(O)CO)P(=O)(O)O. The highest BCUT2D eigenvalue weighted by atomic mass is 31.2. The Balaban J connectivity index is 5.18. The van der Waals surface area contributed by atoms with Crippen molar-refractivity contribution >= 4 is 7.60 Å². The highest BCUT2D eigenvalue weighted by Crippen LogP contribution is 2.50. The quantitative estimate of drug-likeness (QED) is 0.259. The fourth-order valence-electron chi connectivity index (χ4n) is 2.99. The molecule has 3 atom stereocenters. The molecular formula is C15H34NO5P. The third kappa shape index (κ3) is 8.04. The van der Waals surface area contributed by atoms with Gasteiger partial charge in [-0.15, -0.1) is 0 Å². The molecule has 0 heterocycles. The van der Waals surface area contributed by atoms with E-state index in [1.165, 1.54) is 0 Å². The van der Waals surface area contributed by atoms with Gasteiger partial charge in [-0.3, -0.25) is 4.57 Å². The van der Waals surface area contributed by atoms with Crippen molar-refractivity contribution in [1.82, 2.24) is 0 Å². The first-order valence-corrected chi connectivity index (χ1v) is 10.0. The lowest BCUT2D eigenvalue weighted by Gasteiger charge is -2.39. The summed E-state index contributed by atoms with van der Waals surface area (Å²) in [6.45, 7) is 3.62. The molecule has 0 spiro atoms. The van der Waals surface area contributed by atoms with Crippen LogP contribution >= 0.6 is 7.60 Å². The smallest absolute Gasteiger partial charge is 0.330 e. The monoisotopic (exact) mass is 339 g/mol. The van der Waals surface area contributed by atoms with Crippen LogP contribution in [0.3, 0.4) is 0 Å². The van der Waals surface area contributed by atoms with E-state index in [-0.39, 0.29) is 6.42 Å². The van der Waals surface area contributed by atoms with Crippen LogP contribution in [0, 0.1) is 0 Å². The molecule has 0 aromatic heterocycles.